The van der Waals surface area contributed by atoms with Crippen molar-refractivity contribution in [2.24, 2.45) is 27.6 Å². The Morgan fingerprint density at radius 1 is 0.557 bits per heavy atom. The van der Waals surface area contributed by atoms with Crippen LogP contribution >= 0.6 is 0 Å². The molecule has 17 heteroatoms. The minimum absolute atomic E-state index is 0.0900. The molecule has 0 aromatic heterocycles. The van der Waals surface area contributed by atoms with Crippen LogP contribution in [-0.2, 0) is 42.7 Å². The van der Waals surface area contributed by atoms with E-state index < -0.39 is 36.3 Å². The van der Waals surface area contributed by atoms with Gasteiger partial charge in [0.2, 0.25) is 0 Å². The van der Waals surface area contributed by atoms with Gasteiger partial charge in [0.1, 0.15) is 12.7 Å². The second-order valence-corrected chi connectivity index (χ2v) is 19.1. The lowest BCUT2D eigenvalue weighted by atomic mass is 9.62. The Hall–Kier alpha value is -4.54. The largest absolute Gasteiger partial charge is 0.463 e. The van der Waals surface area contributed by atoms with Gasteiger partial charge in [-0.25, -0.2) is 28.8 Å². The van der Waals surface area contributed by atoms with Crippen LogP contribution in [0.1, 0.15) is 112 Å². The number of unbranched alkanes of at least 4 members (excludes halogenated alkanes) is 2. The van der Waals surface area contributed by atoms with Crippen molar-refractivity contribution < 1.29 is 61.9 Å². The maximum Gasteiger partial charge on any atom is 0.407 e. The summed E-state index contributed by atoms with van der Waals surface area (Å²) in [7, 11) is 0. The summed E-state index contributed by atoms with van der Waals surface area (Å²) in [6, 6.07) is -0.301. The first-order valence-electron chi connectivity index (χ1n) is 21.6. The van der Waals surface area contributed by atoms with E-state index in [1.165, 1.54) is 0 Å². The number of esters is 2. The molecule has 6 unspecified atom stereocenters. The van der Waals surface area contributed by atoms with Crippen molar-refractivity contribution >= 4 is 36.3 Å². The molecule has 0 radical (unpaired) electrons. The molecular formula is C44H72N4O13. The van der Waals surface area contributed by atoms with Gasteiger partial charge in [0.15, 0.2) is 0 Å². The summed E-state index contributed by atoms with van der Waals surface area (Å²) in [5.74, 6) is -1.03. The fourth-order valence-electron chi connectivity index (χ4n) is 9.12. The van der Waals surface area contributed by atoms with Crippen LogP contribution < -0.4 is 21.3 Å². The topological polar surface area (TPSA) is 215 Å². The molecule has 4 N–H and O–H groups in total. The van der Waals surface area contributed by atoms with E-state index in [9.17, 15) is 28.8 Å². The third kappa shape index (κ3) is 20.7. The van der Waals surface area contributed by atoms with Crippen LogP contribution in [0.25, 0.3) is 0 Å². The maximum atomic E-state index is 12.9. The zero-order valence-corrected chi connectivity index (χ0v) is 37.3. The SMILES string of the molecule is C=CC(=O)OCCCCOCCOC(=O)NCC1(C)CC(NC(=O)OCC2CC2OC(=O)NCC2(C)CC(NC(=O)OCCCCOC(=O)C=C)CC(C)(C)C2)CC(C)(C)C1. The first-order chi connectivity index (χ1) is 28.7. The van der Waals surface area contributed by atoms with Crippen molar-refractivity contribution in [3.63, 3.8) is 0 Å². The number of hydrogen-bond acceptors (Lipinski definition) is 13. The average molecular weight is 865 g/mol. The molecule has 0 bridgehead atoms. The van der Waals surface area contributed by atoms with Crippen LogP contribution in [0.15, 0.2) is 25.3 Å². The van der Waals surface area contributed by atoms with Gasteiger partial charge in [-0.15, -0.1) is 0 Å². The zero-order chi connectivity index (χ0) is 45.1. The molecule has 0 aliphatic heterocycles. The lowest BCUT2D eigenvalue weighted by Crippen LogP contribution is -2.50. The van der Waals surface area contributed by atoms with E-state index in [-0.39, 0.29) is 78.8 Å². The van der Waals surface area contributed by atoms with Gasteiger partial charge >= 0.3 is 36.3 Å². The van der Waals surface area contributed by atoms with E-state index in [4.69, 9.17) is 33.2 Å². The molecule has 0 aromatic carbocycles. The number of hydrogen-bond donors (Lipinski definition) is 4. The Balaban J connectivity index is 1.30. The highest BCUT2D eigenvalue weighted by Gasteiger charge is 2.45. The van der Waals surface area contributed by atoms with E-state index in [0.717, 1.165) is 37.8 Å². The van der Waals surface area contributed by atoms with Gasteiger partial charge in [-0.3, -0.25) is 0 Å². The Labute approximate surface area is 361 Å². The lowest BCUT2D eigenvalue weighted by molar-refractivity contribution is -0.138. The van der Waals surface area contributed by atoms with Gasteiger partial charge in [0.05, 0.1) is 33.0 Å². The number of rotatable bonds is 24. The predicted octanol–water partition coefficient (Wildman–Crippen LogP) is 6.49. The number of carbonyl (C=O) groups is 6. The Kier molecular flexibility index (Phi) is 20.2. The normalized spacial score (nSPS) is 25.9. The summed E-state index contributed by atoms with van der Waals surface area (Å²) in [6.45, 7) is 21.8. The average Bonchev–Trinajstić information content (AvgIpc) is 3.91. The number of carbonyl (C=O) groups excluding carboxylic acids is 6. The minimum Gasteiger partial charge on any atom is -0.463 e. The molecule has 3 fully saturated rings. The van der Waals surface area contributed by atoms with Crippen LogP contribution in [-0.4, -0.2) is 114 Å². The smallest absolute Gasteiger partial charge is 0.407 e. The van der Waals surface area contributed by atoms with Crippen molar-refractivity contribution in [2.75, 3.05) is 59.3 Å². The highest BCUT2D eigenvalue weighted by Crippen LogP contribution is 2.47. The number of amides is 4. The van der Waals surface area contributed by atoms with Crippen LogP contribution in [0.3, 0.4) is 0 Å². The van der Waals surface area contributed by atoms with Crippen molar-refractivity contribution in [3.8, 4) is 0 Å². The van der Waals surface area contributed by atoms with Crippen LogP contribution in [0, 0.1) is 27.6 Å². The van der Waals surface area contributed by atoms with E-state index >= 15 is 0 Å². The van der Waals surface area contributed by atoms with E-state index in [0.29, 0.717) is 71.2 Å². The van der Waals surface area contributed by atoms with Crippen LogP contribution in [0.2, 0.25) is 0 Å². The first kappa shape index (κ1) is 50.8. The molecule has 61 heavy (non-hydrogen) atoms. The van der Waals surface area contributed by atoms with Crippen LogP contribution in [0.5, 0.6) is 0 Å². The van der Waals surface area contributed by atoms with E-state index in [1.54, 1.807) is 0 Å². The fourth-order valence-corrected chi connectivity index (χ4v) is 9.12. The number of ether oxygens (including phenoxy) is 7. The van der Waals surface area contributed by atoms with Crippen molar-refractivity contribution in [2.45, 2.75) is 130 Å². The third-order valence-electron chi connectivity index (χ3n) is 11.1. The highest BCUT2D eigenvalue weighted by atomic mass is 16.6. The first-order valence-corrected chi connectivity index (χ1v) is 21.6. The molecule has 4 amide bonds. The molecule has 0 heterocycles. The molecule has 0 aromatic rings. The van der Waals surface area contributed by atoms with Crippen molar-refractivity contribution in [1.29, 1.82) is 0 Å². The monoisotopic (exact) mass is 865 g/mol. The third-order valence-corrected chi connectivity index (χ3v) is 11.1. The summed E-state index contributed by atoms with van der Waals surface area (Å²) in [6.07, 6.45) is 7.34. The van der Waals surface area contributed by atoms with Gasteiger partial charge in [0.25, 0.3) is 0 Å². The number of alkyl carbamates (subject to hydrolysis) is 4. The van der Waals surface area contributed by atoms with E-state index in [2.05, 4.69) is 76.0 Å². The summed E-state index contributed by atoms with van der Waals surface area (Å²) >= 11 is 0. The predicted molar refractivity (Wildman–Crippen MR) is 225 cm³/mol. The molecule has 17 nitrogen and oxygen atoms in total. The fraction of sp³-hybridized carbons (Fsp3) is 0.773. The van der Waals surface area contributed by atoms with Crippen molar-refractivity contribution in [3.05, 3.63) is 25.3 Å². The molecule has 3 aliphatic rings. The van der Waals surface area contributed by atoms with E-state index in [1.807, 2.05) is 0 Å². The van der Waals surface area contributed by atoms with Gasteiger partial charge in [-0.1, -0.05) is 54.7 Å². The quantitative estimate of drug-likeness (QED) is 0.0354. The molecule has 3 rings (SSSR count). The lowest BCUT2D eigenvalue weighted by Gasteiger charge is -2.46. The Morgan fingerprint density at radius 2 is 1.02 bits per heavy atom. The van der Waals surface area contributed by atoms with Gasteiger partial charge in [0, 0.05) is 49.9 Å². The Bertz CT molecular complexity index is 1500. The van der Waals surface area contributed by atoms with Crippen molar-refractivity contribution in [1.82, 2.24) is 21.3 Å². The molecule has 3 saturated carbocycles. The molecule has 0 spiro atoms. The summed E-state index contributed by atoms with van der Waals surface area (Å²) in [5, 5.41) is 11.8. The van der Waals surface area contributed by atoms with Gasteiger partial charge in [-0.05, 0) is 92.3 Å². The maximum absolute atomic E-state index is 12.9. The minimum atomic E-state index is -0.535. The Morgan fingerprint density at radius 3 is 1.54 bits per heavy atom. The van der Waals surface area contributed by atoms with Gasteiger partial charge < -0.3 is 54.4 Å². The number of nitrogens with one attached hydrogen (secondary N) is 4. The molecule has 6 atom stereocenters. The summed E-state index contributed by atoms with van der Waals surface area (Å²) in [5.41, 5.74) is -0.789. The second-order valence-electron chi connectivity index (χ2n) is 19.1. The zero-order valence-electron chi connectivity index (χ0n) is 37.3. The molecule has 346 valence electrons. The summed E-state index contributed by atoms with van der Waals surface area (Å²) < 4.78 is 37.1. The second kappa shape index (κ2) is 24.2. The molecular weight excluding hydrogens is 792 g/mol. The molecule has 3 aliphatic carbocycles. The standard InChI is InChI=1S/C44H72N4O13/c1-9-35(49)56-16-12-11-15-55-19-20-59-37(51)45-29-43(7)25-33(23-42(5,6)27-43)48-40(54)60-26-31-21-34(31)61-38(52)46-30-44(8)24-32(22-41(3,4)28-44)47-39(53)58-18-14-13-17-57-36(50)10-2/h9-10,31-34H,1-2,11-30H2,3-8H3,(H,45,51)(H,46,52)(H,47,53)(H,48,54). The van der Waals surface area contributed by atoms with Gasteiger partial charge in [-0.2, -0.15) is 0 Å². The van der Waals surface area contributed by atoms with Crippen LogP contribution in [0.4, 0.5) is 19.2 Å². The molecule has 0 saturated heterocycles. The summed E-state index contributed by atoms with van der Waals surface area (Å²) in [4.78, 5) is 72.8. The highest BCUT2D eigenvalue weighted by molar-refractivity contribution is 5.81.